The predicted octanol–water partition coefficient (Wildman–Crippen LogP) is -0.0601. The fourth-order valence-corrected chi connectivity index (χ4v) is 2.63. The minimum absolute atomic E-state index is 0.297. The van der Waals surface area contributed by atoms with Crippen LogP contribution >= 0.6 is 0 Å². The zero-order chi connectivity index (χ0) is 17.0. The first-order valence-corrected chi connectivity index (χ1v) is 7.77. The molecule has 0 unspecified atom stereocenters. The van der Waals surface area contributed by atoms with Crippen LogP contribution in [0.15, 0.2) is 15.6 Å². The number of carbonyl (C=O) groups excluding carboxylic acids is 1. The maximum absolute atomic E-state index is 11.6. The summed E-state index contributed by atoms with van der Waals surface area (Å²) in [6, 6.07) is 1.90. The second kappa shape index (κ2) is 6.99. The lowest BCUT2D eigenvalue weighted by molar-refractivity contribution is -0.129. The molecule has 1 amide bonds. The molecule has 0 bridgehead atoms. The molecule has 0 saturated carbocycles. The van der Waals surface area contributed by atoms with Crippen LogP contribution in [0.25, 0.3) is 0 Å². The normalized spacial score (nSPS) is 17.4. The van der Waals surface area contributed by atoms with Gasteiger partial charge in [0, 0.05) is 39.3 Å². The van der Waals surface area contributed by atoms with Crippen molar-refractivity contribution in [1.29, 1.82) is 0 Å². The monoisotopic (exact) mass is 322 g/mol. The van der Waals surface area contributed by atoms with Gasteiger partial charge in [-0.05, 0) is 20.8 Å². The van der Waals surface area contributed by atoms with E-state index in [4.69, 9.17) is 10.3 Å². The molecule has 2 heterocycles. The third-order valence-corrected chi connectivity index (χ3v) is 4.28. The lowest BCUT2D eigenvalue weighted by Crippen LogP contribution is -2.61. The topological polar surface area (TPSA) is 100.0 Å². The van der Waals surface area contributed by atoms with E-state index in [9.17, 15) is 4.79 Å². The van der Waals surface area contributed by atoms with Gasteiger partial charge in [-0.15, -0.1) is 0 Å². The Balaban J connectivity index is 1.88. The summed E-state index contributed by atoms with van der Waals surface area (Å²) >= 11 is 0. The molecule has 1 aliphatic heterocycles. The summed E-state index contributed by atoms with van der Waals surface area (Å²) in [5.41, 5.74) is 5.72. The zero-order valence-corrected chi connectivity index (χ0v) is 14.3. The highest BCUT2D eigenvalue weighted by Gasteiger charge is 2.35. The van der Waals surface area contributed by atoms with Gasteiger partial charge < -0.3 is 20.5 Å². The molecule has 2 rings (SSSR count). The summed E-state index contributed by atoms with van der Waals surface area (Å²) in [5.74, 6) is 1.29. The summed E-state index contributed by atoms with van der Waals surface area (Å²) in [4.78, 5) is 20.2. The maximum Gasteiger partial charge on any atom is 0.237 e. The molecule has 23 heavy (non-hydrogen) atoms. The molecule has 8 nitrogen and oxygen atoms in total. The molecule has 0 aromatic carbocycles. The number of nitrogens with two attached hydrogens (primary N) is 1. The number of aryl methyl sites for hydroxylation is 1. The number of primary amides is 1. The number of amides is 1. The van der Waals surface area contributed by atoms with E-state index in [0.29, 0.717) is 6.54 Å². The highest BCUT2D eigenvalue weighted by Crippen LogP contribution is 2.16. The van der Waals surface area contributed by atoms with Crippen molar-refractivity contribution in [2.45, 2.75) is 32.9 Å². The predicted molar refractivity (Wildman–Crippen MR) is 87.9 cm³/mol. The van der Waals surface area contributed by atoms with Crippen molar-refractivity contribution in [3.63, 3.8) is 0 Å². The van der Waals surface area contributed by atoms with Gasteiger partial charge in [-0.2, -0.15) is 0 Å². The number of aromatic nitrogens is 1. The average Bonchev–Trinajstić information content (AvgIpc) is 2.94. The van der Waals surface area contributed by atoms with E-state index in [1.807, 2.05) is 26.8 Å². The van der Waals surface area contributed by atoms with E-state index in [0.717, 1.165) is 43.6 Å². The first-order valence-electron chi connectivity index (χ1n) is 7.77. The van der Waals surface area contributed by atoms with Crippen LogP contribution in [0.5, 0.6) is 0 Å². The van der Waals surface area contributed by atoms with Crippen LogP contribution in [-0.2, 0) is 11.3 Å². The minimum Gasteiger partial charge on any atom is -0.368 e. The SMILES string of the molecule is CN=C(NCc1cc(C)no1)N1CCN(C(C)(C)C(N)=O)CC1. The Morgan fingerprint density at radius 2 is 2.09 bits per heavy atom. The van der Waals surface area contributed by atoms with Crippen molar-refractivity contribution in [3.8, 4) is 0 Å². The Hall–Kier alpha value is -2.09. The first-order chi connectivity index (χ1) is 10.8. The van der Waals surface area contributed by atoms with Crippen molar-refractivity contribution in [2.75, 3.05) is 33.2 Å². The average molecular weight is 322 g/mol. The van der Waals surface area contributed by atoms with Crippen LogP contribution in [0.1, 0.15) is 25.3 Å². The van der Waals surface area contributed by atoms with Crippen molar-refractivity contribution in [3.05, 3.63) is 17.5 Å². The Labute approximate surface area is 136 Å². The fraction of sp³-hybridized carbons (Fsp3) is 0.667. The smallest absolute Gasteiger partial charge is 0.237 e. The highest BCUT2D eigenvalue weighted by atomic mass is 16.5. The molecule has 0 radical (unpaired) electrons. The van der Waals surface area contributed by atoms with Crippen LogP contribution in [0.4, 0.5) is 0 Å². The summed E-state index contributed by atoms with van der Waals surface area (Å²) in [5, 5.41) is 7.14. The van der Waals surface area contributed by atoms with E-state index >= 15 is 0 Å². The molecule has 1 aromatic rings. The first kappa shape index (κ1) is 17.3. The van der Waals surface area contributed by atoms with Crippen LogP contribution < -0.4 is 11.1 Å². The van der Waals surface area contributed by atoms with Crippen LogP contribution in [-0.4, -0.2) is 65.6 Å². The molecule has 1 aromatic heterocycles. The minimum atomic E-state index is -0.625. The number of hydrogen-bond donors (Lipinski definition) is 2. The van der Waals surface area contributed by atoms with Crippen LogP contribution in [0.2, 0.25) is 0 Å². The standard InChI is InChI=1S/C15H26N6O2/c1-11-9-12(23-19-11)10-18-14(17-4)20-5-7-21(8-6-20)15(2,3)13(16)22/h9H,5-8,10H2,1-4H3,(H2,16,22)(H,17,18). The van der Waals surface area contributed by atoms with Crippen molar-refractivity contribution >= 4 is 11.9 Å². The zero-order valence-electron chi connectivity index (χ0n) is 14.3. The largest absolute Gasteiger partial charge is 0.368 e. The Kier molecular flexibility index (Phi) is 5.25. The third kappa shape index (κ3) is 4.01. The molecule has 1 saturated heterocycles. The molecule has 128 valence electrons. The number of nitrogens with one attached hydrogen (secondary N) is 1. The van der Waals surface area contributed by atoms with Gasteiger partial charge in [0.05, 0.1) is 17.8 Å². The van der Waals surface area contributed by atoms with E-state index in [1.165, 1.54) is 0 Å². The highest BCUT2D eigenvalue weighted by molar-refractivity contribution is 5.84. The third-order valence-electron chi connectivity index (χ3n) is 4.28. The molecule has 0 spiro atoms. The Morgan fingerprint density at radius 1 is 1.43 bits per heavy atom. The van der Waals surface area contributed by atoms with Crippen molar-refractivity contribution < 1.29 is 9.32 Å². The lowest BCUT2D eigenvalue weighted by Gasteiger charge is -2.43. The fourth-order valence-electron chi connectivity index (χ4n) is 2.63. The summed E-state index contributed by atoms with van der Waals surface area (Å²) < 4.78 is 5.19. The number of rotatable bonds is 4. The number of hydrogen-bond acceptors (Lipinski definition) is 5. The molecule has 0 atom stereocenters. The molecule has 8 heteroatoms. The van der Waals surface area contributed by atoms with E-state index in [1.54, 1.807) is 7.05 Å². The van der Waals surface area contributed by atoms with Crippen molar-refractivity contribution in [2.24, 2.45) is 10.7 Å². The summed E-state index contributed by atoms with van der Waals surface area (Å²) in [6.07, 6.45) is 0. The summed E-state index contributed by atoms with van der Waals surface area (Å²) in [7, 11) is 1.76. The Morgan fingerprint density at radius 3 is 2.57 bits per heavy atom. The number of guanidine groups is 1. The summed E-state index contributed by atoms with van der Waals surface area (Å²) in [6.45, 7) is 9.25. The van der Waals surface area contributed by atoms with Gasteiger partial charge in [-0.25, -0.2) is 0 Å². The Bertz CT molecular complexity index is 572. The van der Waals surface area contributed by atoms with Gasteiger partial charge in [0.1, 0.15) is 0 Å². The second-order valence-corrected chi connectivity index (χ2v) is 6.23. The number of carbonyl (C=O) groups is 1. The number of aliphatic imine (C=N–C) groups is 1. The van der Waals surface area contributed by atoms with Gasteiger partial charge in [-0.3, -0.25) is 14.7 Å². The van der Waals surface area contributed by atoms with Crippen molar-refractivity contribution in [1.82, 2.24) is 20.3 Å². The van der Waals surface area contributed by atoms with E-state index in [2.05, 4.69) is 25.3 Å². The van der Waals surface area contributed by atoms with Gasteiger partial charge in [0.2, 0.25) is 5.91 Å². The quantitative estimate of drug-likeness (QED) is 0.595. The van der Waals surface area contributed by atoms with Gasteiger partial charge in [0.15, 0.2) is 11.7 Å². The second-order valence-electron chi connectivity index (χ2n) is 6.23. The number of piperazine rings is 1. The van der Waals surface area contributed by atoms with E-state index in [-0.39, 0.29) is 5.91 Å². The number of nitrogens with zero attached hydrogens (tertiary/aromatic N) is 4. The van der Waals surface area contributed by atoms with E-state index < -0.39 is 5.54 Å². The molecular weight excluding hydrogens is 296 g/mol. The molecule has 1 aliphatic rings. The van der Waals surface area contributed by atoms with Crippen LogP contribution in [0, 0.1) is 6.92 Å². The maximum atomic E-state index is 11.6. The molecule has 3 N–H and O–H groups in total. The molecule has 1 fully saturated rings. The van der Waals surface area contributed by atoms with Gasteiger partial charge in [0.25, 0.3) is 0 Å². The van der Waals surface area contributed by atoms with Gasteiger partial charge >= 0.3 is 0 Å². The lowest BCUT2D eigenvalue weighted by atomic mass is 10.0. The van der Waals surface area contributed by atoms with Gasteiger partial charge in [-0.1, -0.05) is 5.16 Å². The van der Waals surface area contributed by atoms with Crippen LogP contribution in [0.3, 0.4) is 0 Å². The molecule has 0 aliphatic carbocycles. The molecular formula is C15H26N6O2.